The summed E-state index contributed by atoms with van der Waals surface area (Å²) in [5, 5.41) is 19.1. The first-order valence-electron chi connectivity index (χ1n) is 8.98. The maximum atomic E-state index is 14.4. The fourth-order valence-electron chi connectivity index (χ4n) is 3.26. The Morgan fingerprint density at radius 1 is 1.20 bits per heavy atom. The van der Waals surface area contributed by atoms with Crippen molar-refractivity contribution in [3.63, 3.8) is 0 Å². The monoisotopic (exact) mass is 408 g/mol. The van der Waals surface area contributed by atoms with Crippen LogP contribution in [0.25, 0.3) is 0 Å². The SMILES string of the molecule is COc1ccccc1NC(=O)c1cnn2c1NC(C(=O)O)=CC2c1ccccc1F. The Balaban J connectivity index is 1.74. The number of amides is 1. The van der Waals surface area contributed by atoms with E-state index in [1.165, 1.54) is 36.2 Å². The number of allylic oxidation sites excluding steroid dienone is 1. The lowest BCUT2D eigenvalue weighted by Gasteiger charge is -2.24. The normalized spacial score (nSPS) is 14.9. The maximum Gasteiger partial charge on any atom is 0.352 e. The van der Waals surface area contributed by atoms with Crippen molar-refractivity contribution >= 4 is 23.4 Å². The Bertz CT molecular complexity index is 1170. The fraction of sp³-hybridized carbons (Fsp3) is 0.0952. The predicted molar refractivity (Wildman–Crippen MR) is 107 cm³/mol. The Kier molecular flexibility index (Phi) is 4.93. The van der Waals surface area contributed by atoms with Gasteiger partial charge >= 0.3 is 5.97 Å². The topological polar surface area (TPSA) is 105 Å². The molecule has 9 heteroatoms. The van der Waals surface area contributed by atoms with E-state index < -0.39 is 23.7 Å². The zero-order valence-corrected chi connectivity index (χ0v) is 15.8. The van der Waals surface area contributed by atoms with E-state index in [4.69, 9.17) is 4.74 Å². The lowest BCUT2D eigenvalue weighted by Crippen LogP contribution is -2.26. The van der Waals surface area contributed by atoms with Crippen LogP contribution in [-0.2, 0) is 4.79 Å². The fourth-order valence-corrected chi connectivity index (χ4v) is 3.26. The first-order chi connectivity index (χ1) is 14.5. The van der Waals surface area contributed by atoms with Gasteiger partial charge in [0.2, 0.25) is 0 Å². The van der Waals surface area contributed by atoms with Crippen molar-refractivity contribution in [3.05, 3.63) is 83.4 Å². The highest BCUT2D eigenvalue weighted by Crippen LogP contribution is 2.34. The van der Waals surface area contributed by atoms with Crippen LogP contribution in [0, 0.1) is 5.82 Å². The van der Waals surface area contributed by atoms with Crippen LogP contribution >= 0.6 is 0 Å². The molecule has 8 nitrogen and oxygen atoms in total. The van der Waals surface area contributed by atoms with E-state index in [9.17, 15) is 19.1 Å². The van der Waals surface area contributed by atoms with Crippen LogP contribution in [0.15, 0.2) is 66.5 Å². The second-order valence-corrected chi connectivity index (χ2v) is 6.48. The number of aromatic nitrogens is 2. The standard InChI is InChI=1S/C21H17FN4O4/c1-30-18-9-5-4-8-15(18)25-20(27)13-11-23-26-17(12-6-2-3-7-14(12)22)10-16(21(28)29)24-19(13)26/h2-11,17,24H,1H3,(H,25,27)(H,28,29). The van der Waals surface area contributed by atoms with Gasteiger partial charge in [-0.2, -0.15) is 5.10 Å². The number of hydrogen-bond donors (Lipinski definition) is 3. The third kappa shape index (κ3) is 3.37. The van der Waals surface area contributed by atoms with Crippen molar-refractivity contribution in [2.24, 2.45) is 0 Å². The lowest BCUT2D eigenvalue weighted by molar-refractivity contribution is -0.132. The summed E-state index contributed by atoms with van der Waals surface area (Å²) < 4.78 is 21.0. The number of halogens is 1. The lowest BCUT2D eigenvalue weighted by atomic mass is 10.0. The number of rotatable bonds is 5. The summed E-state index contributed by atoms with van der Waals surface area (Å²) in [6.45, 7) is 0. The number of anilines is 2. The van der Waals surface area contributed by atoms with Crippen LogP contribution in [0.4, 0.5) is 15.9 Å². The molecule has 2 heterocycles. The van der Waals surface area contributed by atoms with Gasteiger partial charge in [0.1, 0.15) is 34.7 Å². The summed E-state index contributed by atoms with van der Waals surface area (Å²) in [5.74, 6) is -1.65. The van der Waals surface area contributed by atoms with Gasteiger partial charge in [0, 0.05) is 5.56 Å². The number of carbonyl (C=O) groups is 2. The molecule has 3 aromatic rings. The molecule has 2 aromatic carbocycles. The molecule has 1 aromatic heterocycles. The van der Waals surface area contributed by atoms with E-state index >= 15 is 0 Å². The van der Waals surface area contributed by atoms with Crippen LogP contribution < -0.4 is 15.4 Å². The van der Waals surface area contributed by atoms with Gasteiger partial charge in [0.05, 0.1) is 19.0 Å². The zero-order chi connectivity index (χ0) is 21.3. The number of carboxylic acids is 1. The summed E-state index contributed by atoms with van der Waals surface area (Å²) in [5.41, 5.74) is 0.607. The molecule has 4 rings (SSSR count). The molecule has 3 N–H and O–H groups in total. The minimum atomic E-state index is -1.24. The summed E-state index contributed by atoms with van der Waals surface area (Å²) >= 11 is 0. The molecule has 1 unspecified atom stereocenters. The van der Waals surface area contributed by atoms with E-state index in [0.29, 0.717) is 11.4 Å². The van der Waals surface area contributed by atoms with Gasteiger partial charge in [-0.05, 0) is 24.3 Å². The molecule has 0 bridgehead atoms. The van der Waals surface area contributed by atoms with Crippen LogP contribution in [-0.4, -0.2) is 33.9 Å². The second kappa shape index (κ2) is 7.70. The Labute approximate surface area is 170 Å². The van der Waals surface area contributed by atoms with Gasteiger partial charge < -0.3 is 20.5 Å². The van der Waals surface area contributed by atoms with Crippen LogP contribution in [0.1, 0.15) is 22.0 Å². The van der Waals surface area contributed by atoms with Gasteiger partial charge in [-0.1, -0.05) is 30.3 Å². The number of para-hydroxylation sites is 2. The third-order valence-electron chi connectivity index (χ3n) is 4.69. The summed E-state index contributed by atoms with van der Waals surface area (Å²) in [6, 6.07) is 12.0. The average Bonchev–Trinajstić information content (AvgIpc) is 3.18. The summed E-state index contributed by atoms with van der Waals surface area (Å²) in [6.07, 6.45) is 2.65. The van der Waals surface area contributed by atoms with Crippen LogP contribution in [0.2, 0.25) is 0 Å². The number of carboxylic acid groups (broad SMARTS) is 1. The van der Waals surface area contributed by atoms with E-state index in [0.717, 1.165) is 0 Å². The molecular weight excluding hydrogens is 391 g/mol. The van der Waals surface area contributed by atoms with Crippen molar-refractivity contribution < 1.29 is 23.8 Å². The average molecular weight is 408 g/mol. The molecule has 0 saturated carbocycles. The summed E-state index contributed by atoms with van der Waals surface area (Å²) in [4.78, 5) is 24.5. The van der Waals surface area contributed by atoms with Crippen molar-refractivity contribution in [2.45, 2.75) is 6.04 Å². The number of benzene rings is 2. The highest BCUT2D eigenvalue weighted by atomic mass is 19.1. The van der Waals surface area contributed by atoms with E-state index in [2.05, 4.69) is 15.7 Å². The Morgan fingerprint density at radius 2 is 1.93 bits per heavy atom. The molecule has 152 valence electrons. The summed E-state index contributed by atoms with van der Waals surface area (Å²) in [7, 11) is 1.48. The molecule has 0 radical (unpaired) electrons. The third-order valence-corrected chi connectivity index (χ3v) is 4.69. The molecular formula is C21H17FN4O4. The molecule has 0 spiro atoms. The van der Waals surface area contributed by atoms with E-state index in [1.807, 2.05) is 0 Å². The maximum absolute atomic E-state index is 14.4. The number of nitrogens with one attached hydrogen (secondary N) is 2. The van der Waals surface area contributed by atoms with Crippen molar-refractivity contribution in [1.29, 1.82) is 0 Å². The highest BCUT2D eigenvalue weighted by Gasteiger charge is 2.30. The smallest absolute Gasteiger partial charge is 0.352 e. The van der Waals surface area contributed by atoms with Gasteiger partial charge in [0.25, 0.3) is 5.91 Å². The predicted octanol–water partition coefficient (Wildman–Crippen LogP) is 3.27. The quantitative estimate of drug-likeness (QED) is 0.598. The largest absolute Gasteiger partial charge is 0.495 e. The first kappa shape index (κ1) is 19.2. The van der Waals surface area contributed by atoms with Crippen molar-refractivity contribution in [3.8, 4) is 5.75 Å². The number of aliphatic carboxylic acids is 1. The Morgan fingerprint density at radius 3 is 2.67 bits per heavy atom. The van der Waals surface area contributed by atoms with Crippen LogP contribution in [0.5, 0.6) is 5.75 Å². The zero-order valence-electron chi connectivity index (χ0n) is 15.8. The molecule has 0 saturated heterocycles. The number of methoxy groups -OCH3 is 1. The number of ether oxygens (including phenoxy) is 1. The molecule has 1 amide bonds. The highest BCUT2D eigenvalue weighted by molar-refractivity contribution is 6.09. The van der Waals surface area contributed by atoms with Gasteiger partial charge in [-0.3, -0.25) is 4.79 Å². The molecule has 0 aliphatic carbocycles. The minimum Gasteiger partial charge on any atom is -0.495 e. The first-order valence-corrected chi connectivity index (χ1v) is 8.98. The number of carbonyl (C=O) groups excluding carboxylic acids is 1. The van der Waals surface area contributed by atoms with Gasteiger partial charge in [-0.15, -0.1) is 0 Å². The number of hydrogen-bond acceptors (Lipinski definition) is 5. The minimum absolute atomic E-state index is 0.106. The molecule has 1 aliphatic rings. The molecule has 0 fully saturated rings. The van der Waals surface area contributed by atoms with Gasteiger partial charge in [0.15, 0.2) is 0 Å². The Hall–Kier alpha value is -4.14. The molecule has 30 heavy (non-hydrogen) atoms. The van der Waals surface area contributed by atoms with E-state index in [1.54, 1.807) is 36.4 Å². The van der Waals surface area contributed by atoms with E-state index in [-0.39, 0.29) is 22.6 Å². The number of nitrogens with zero attached hydrogens (tertiary/aromatic N) is 2. The number of fused-ring (bicyclic) bond motifs is 1. The van der Waals surface area contributed by atoms with Crippen LogP contribution in [0.3, 0.4) is 0 Å². The van der Waals surface area contributed by atoms with Gasteiger partial charge in [-0.25, -0.2) is 13.9 Å². The van der Waals surface area contributed by atoms with Crippen molar-refractivity contribution in [2.75, 3.05) is 17.7 Å². The molecule has 1 atom stereocenters. The molecule has 1 aliphatic heterocycles. The van der Waals surface area contributed by atoms with Crippen molar-refractivity contribution in [1.82, 2.24) is 9.78 Å². The second-order valence-electron chi connectivity index (χ2n) is 6.48.